The lowest BCUT2D eigenvalue weighted by molar-refractivity contribution is -0.402. The van der Waals surface area contributed by atoms with Crippen molar-refractivity contribution in [2.45, 2.75) is 249 Å². The van der Waals surface area contributed by atoms with Crippen molar-refractivity contribution in [3.8, 4) is 0 Å². The summed E-state index contributed by atoms with van der Waals surface area (Å²) >= 11 is 0. The molecule has 0 aromatic carbocycles. The van der Waals surface area contributed by atoms with Gasteiger partial charge in [0.15, 0.2) is 44.0 Å². The number of ether oxygens (including phenoxy) is 13. The SMILES string of the molecule is CC(=O)N[C@@H]1[C@H](O[C@@H]2O[C@H](CO)[C@@H](O)[C@H](O[C@@H]3O[C@H](CO)[C@H](O)[C@H](O[C@@H]4O[C@H](CO)[C@@H](O[C@@H]5O[C@H](CO)[C@H](O)[C@H](O[C@H]6O[C@H](CO)[C@H](O)[C@H](O)[C@H]6NC(C)=O)[C@H]5O[C@@H]5O[C@@H](C)[C@@H](O)[C@@H](O)[C@@H]5O)[C@H](O)[C@H]4NC(C)=O)[C@H]3O)[C@H]2NC(C)=O)[C@@H](O)[C@@H](CO)O[C@@H]1O. The van der Waals surface area contributed by atoms with Crippen LogP contribution in [-0.4, -0.2) is 370 Å². The zero-order valence-corrected chi connectivity index (χ0v) is 48.4. The molecule has 7 heterocycles. The van der Waals surface area contributed by atoms with Crippen molar-refractivity contribution >= 4 is 23.6 Å². The predicted molar refractivity (Wildman–Crippen MR) is 277 cm³/mol. The van der Waals surface area contributed by atoms with Gasteiger partial charge in [0.25, 0.3) is 0 Å². The summed E-state index contributed by atoms with van der Waals surface area (Å²) in [7, 11) is 0. The number of hydrogen-bond acceptors (Lipinski definition) is 35. The molecular weight excluding hydrogens is 1220 g/mol. The largest absolute Gasteiger partial charge is 0.394 e. The Hall–Kier alpha value is -3.36. The Balaban J connectivity index is 1.19. The van der Waals surface area contributed by atoms with Crippen molar-refractivity contribution < 1.29 is 173 Å². The van der Waals surface area contributed by atoms with Crippen LogP contribution in [0.25, 0.3) is 0 Å². The van der Waals surface area contributed by atoms with Crippen LogP contribution in [0.15, 0.2) is 0 Å². The van der Waals surface area contributed by atoms with E-state index in [9.17, 15) is 111 Å². The molecule has 0 aromatic heterocycles. The molecular formula is C50H84N4O35. The molecule has 89 heavy (non-hydrogen) atoms. The fourth-order valence-corrected chi connectivity index (χ4v) is 11.5. The summed E-state index contributed by atoms with van der Waals surface area (Å²) in [4.78, 5) is 50.5. The number of rotatable bonds is 22. The van der Waals surface area contributed by atoms with E-state index >= 15 is 0 Å². The predicted octanol–water partition coefficient (Wildman–Crippen LogP) is -14.7. The van der Waals surface area contributed by atoms with Crippen LogP contribution in [0.1, 0.15) is 34.6 Å². The second-order valence-electron chi connectivity index (χ2n) is 22.5. The third kappa shape index (κ3) is 16.2. The summed E-state index contributed by atoms with van der Waals surface area (Å²) < 4.78 is 77.0. The van der Waals surface area contributed by atoms with E-state index in [1.54, 1.807) is 0 Å². The molecule has 7 aliphatic rings. The Labute approximate surface area is 505 Å². The third-order valence-electron chi connectivity index (χ3n) is 16.1. The van der Waals surface area contributed by atoms with Crippen molar-refractivity contribution in [2.24, 2.45) is 0 Å². The molecule has 0 spiro atoms. The highest BCUT2D eigenvalue weighted by Gasteiger charge is 2.60. The number of amides is 4. The van der Waals surface area contributed by atoms with E-state index in [2.05, 4.69) is 21.3 Å². The first-order chi connectivity index (χ1) is 42.0. The standard InChI is InChI=1S/C50H84N4O35/c1-12-27(65)35(73)36(74)48(77-12)89-43-42(88-45-23(51-13(2)61)33(71)28(66)17(6-55)79-45)32(70)21(10-59)82-50(43)84-38-22(11-60)83-46(24(34(38)72)52-14(3)62)87-41-31(69)20(9-58)81-49(37(41)75)86-40-26(54-16(5)64)47(80-19(8-57)30(40)68)85-39-25(53-15(4)63)44(76)78-18(7-56)29(39)67/h12,17-50,55-60,65-76H,6-11H2,1-5H3,(H,51,61)(H,52,62)(H,53,63)(H,54,64)/t12-,17+,18+,19+,20+,21+,22+,23+,24+,25+,26+,27+,28-,29-,30+,31-,32-,33+,34+,35+,36-,37+,38+,39-,40+,41-,42-,43+,44-,45+,46-,47-,48-,49-,50-/m0/s1. The molecule has 7 fully saturated rings. The number of carbonyl (C=O) groups excluding carboxylic acids is 4. The molecule has 0 radical (unpaired) electrons. The quantitative estimate of drug-likeness (QED) is 0.0479. The Morgan fingerprint density at radius 2 is 0.629 bits per heavy atom. The molecule has 0 bridgehead atoms. The molecule has 35 atom stereocenters. The molecule has 514 valence electrons. The van der Waals surface area contributed by atoms with Gasteiger partial charge in [-0.15, -0.1) is 0 Å². The Morgan fingerprint density at radius 1 is 0.292 bits per heavy atom. The van der Waals surface area contributed by atoms with E-state index in [0.29, 0.717) is 0 Å². The number of aliphatic hydroxyl groups is 18. The van der Waals surface area contributed by atoms with Crippen LogP contribution in [-0.2, 0) is 80.8 Å². The van der Waals surface area contributed by atoms with E-state index in [1.807, 2.05) is 0 Å². The maximum atomic E-state index is 13.0. The third-order valence-corrected chi connectivity index (χ3v) is 16.1. The minimum absolute atomic E-state index is 0.762. The molecule has 39 nitrogen and oxygen atoms in total. The highest BCUT2D eigenvalue weighted by atomic mass is 16.8. The summed E-state index contributed by atoms with van der Waals surface area (Å²) in [5, 5.41) is 208. The van der Waals surface area contributed by atoms with Crippen LogP contribution in [0, 0.1) is 0 Å². The van der Waals surface area contributed by atoms with Crippen molar-refractivity contribution in [3.63, 3.8) is 0 Å². The van der Waals surface area contributed by atoms with Crippen LogP contribution >= 0.6 is 0 Å². The van der Waals surface area contributed by atoms with Gasteiger partial charge in [-0.2, -0.15) is 0 Å². The van der Waals surface area contributed by atoms with Crippen LogP contribution in [0.5, 0.6) is 0 Å². The minimum atomic E-state index is -2.32. The average Bonchev–Trinajstić information content (AvgIpc) is 0.819. The fourth-order valence-electron chi connectivity index (χ4n) is 11.5. The number of aliphatic hydroxyl groups excluding tert-OH is 18. The normalized spacial score (nSPS) is 48.0. The lowest BCUT2D eigenvalue weighted by atomic mass is 9.93. The van der Waals surface area contributed by atoms with Crippen LogP contribution in [0.4, 0.5) is 0 Å². The molecule has 0 aliphatic carbocycles. The van der Waals surface area contributed by atoms with Gasteiger partial charge in [0.2, 0.25) is 23.6 Å². The van der Waals surface area contributed by atoms with Gasteiger partial charge >= 0.3 is 0 Å². The van der Waals surface area contributed by atoms with Crippen molar-refractivity contribution in [3.05, 3.63) is 0 Å². The van der Waals surface area contributed by atoms with Gasteiger partial charge in [-0.3, -0.25) is 19.2 Å². The van der Waals surface area contributed by atoms with Gasteiger partial charge in [0.1, 0.15) is 165 Å². The van der Waals surface area contributed by atoms with E-state index in [1.165, 1.54) is 6.92 Å². The van der Waals surface area contributed by atoms with Crippen LogP contribution < -0.4 is 21.3 Å². The first-order valence-corrected chi connectivity index (χ1v) is 28.5. The second-order valence-corrected chi connectivity index (χ2v) is 22.5. The minimum Gasteiger partial charge on any atom is -0.394 e. The monoisotopic (exact) mass is 1300 g/mol. The summed E-state index contributed by atoms with van der Waals surface area (Å²) in [6.45, 7) is -0.891. The highest BCUT2D eigenvalue weighted by molar-refractivity contribution is 5.74. The Bertz CT molecular complexity index is 2290. The topological polar surface area (TPSA) is 601 Å². The molecule has 39 heteroatoms. The lowest BCUT2D eigenvalue weighted by Crippen LogP contribution is -2.71. The first-order valence-electron chi connectivity index (χ1n) is 28.5. The van der Waals surface area contributed by atoms with Crippen molar-refractivity contribution in [2.75, 3.05) is 39.6 Å². The first kappa shape index (κ1) is 73.1. The van der Waals surface area contributed by atoms with Crippen LogP contribution in [0.3, 0.4) is 0 Å². The lowest BCUT2D eigenvalue weighted by Gasteiger charge is -2.52. The molecule has 22 N–H and O–H groups in total. The fraction of sp³-hybridized carbons (Fsp3) is 0.920. The van der Waals surface area contributed by atoms with E-state index in [-0.39, 0.29) is 0 Å². The smallest absolute Gasteiger partial charge is 0.217 e. The van der Waals surface area contributed by atoms with E-state index in [4.69, 9.17) is 61.6 Å². The van der Waals surface area contributed by atoms with Crippen LogP contribution in [0.2, 0.25) is 0 Å². The molecule has 7 saturated heterocycles. The maximum absolute atomic E-state index is 13.0. The molecule has 0 aromatic rings. The van der Waals surface area contributed by atoms with Gasteiger partial charge in [0, 0.05) is 27.7 Å². The number of hydrogen-bond donors (Lipinski definition) is 22. The van der Waals surface area contributed by atoms with E-state index < -0.39 is 278 Å². The van der Waals surface area contributed by atoms with Gasteiger partial charge in [-0.25, -0.2) is 0 Å². The molecule has 0 unspecified atom stereocenters. The summed E-state index contributed by atoms with van der Waals surface area (Å²) in [6, 6.07) is -7.01. The summed E-state index contributed by atoms with van der Waals surface area (Å²) in [6.07, 6.45) is -60.2. The highest BCUT2D eigenvalue weighted by Crippen LogP contribution is 2.39. The summed E-state index contributed by atoms with van der Waals surface area (Å²) in [5.41, 5.74) is 0. The van der Waals surface area contributed by atoms with E-state index in [0.717, 1.165) is 27.7 Å². The number of nitrogens with one attached hydrogen (secondary N) is 4. The van der Waals surface area contributed by atoms with Gasteiger partial charge < -0.3 is 175 Å². The van der Waals surface area contributed by atoms with Crippen molar-refractivity contribution in [1.29, 1.82) is 0 Å². The number of carbonyl (C=O) groups is 4. The average molecular weight is 1300 g/mol. The maximum Gasteiger partial charge on any atom is 0.217 e. The van der Waals surface area contributed by atoms with Gasteiger partial charge in [-0.05, 0) is 6.92 Å². The van der Waals surface area contributed by atoms with Gasteiger partial charge in [0.05, 0.1) is 45.7 Å². The van der Waals surface area contributed by atoms with Gasteiger partial charge in [-0.1, -0.05) is 0 Å². The molecule has 7 aliphatic heterocycles. The molecule has 0 saturated carbocycles. The summed E-state index contributed by atoms with van der Waals surface area (Å²) in [5.74, 6) is -3.37. The zero-order valence-electron chi connectivity index (χ0n) is 48.4. The molecule has 4 amide bonds. The zero-order chi connectivity index (χ0) is 65.8. The Kier molecular flexibility index (Phi) is 26.0. The Morgan fingerprint density at radius 3 is 1.15 bits per heavy atom. The second kappa shape index (κ2) is 31.7. The molecule has 7 rings (SSSR count). The van der Waals surface area contributed by atoms with Crippen molar-refractivity contribution in [1.82, 2.24) is 21.3 Å².